The number of carbonyl (C=O) groups excluding carboxylic acids is 1. The highest BCUT2D eigenvalue weighted by Crippen LogP contribution is 2.45. The van der Waals surface area contributed by atoms with Crippen LogP contribution < -0.4 is 5.32 Å². The molecule has 2 aliphatic carbocycles. The number of halogens is 3. The second-order valence-corrected chi connectivity index (χ2v) is 8.47. The molecule has 3 N–H and O–H groups in total. The number of hydrogen-bond donors (Lipinski definition) is 3. The molecule has 1 atom stereocenters. The lowest BCUT2D eigenvalue weighted by molar-refractivity contribution is -0.125. The van der Waals surface area contributed by atoms with Crippen molar-refractivity contribution >= 4 is 16.8 Å². The monoisotopic (exact) mass is 414 g/mol. The molecule has 0 unspecified atom stereocenters. The lowest BCUT2D eigenvalue weighted by atomic mass is 9.76. The molecule has 7 heteroatoms. The average molecular weight is 414 g/mol. The Morgan fingerprint density at radius 2 is 1.97 bits per heavy atom. The van der Waals surface area contributed by atoms with Crippen LogP contribution in [0, 0.1) is 17.5 Å². The summed E-state index contributed by atoms with van der Waals surface area (Å²) in [4.78, 5) is 15.8. The molecule has 0 saturated heterocycles. The summed E-state index contributed by atoms with van der Waals surface area (Å²) in [5.74, 6) is -2.39. The van der Waals surface area contributed by atoms with Crippen molar-refractivity contribution in [1.82, 2.24) is 10.3 Å². The van der Waals surface area contributed by atoms with Crippen LogP contribution in [0.3, 0.4) is 0 Å². The maximum atomic E-state index is 14.4. The van der Waals surface area contributed by atoms with Crippen LogP contribution >= 0.6 is 0 Å². The Hall–Kier alpha value is -2.80. The van der Waals surface area contributed by atoms with E-state index in [4.69, 9.17) is 0 Å². The van der Waals surface area contributed by atoms with Crippen LogP contribution in [0.2, 0.25) is 0 Å². The number of nitrogens with one attached hydrogen (secondary N) is 2. The van der Waals surface area contributed by atoms with Crippen LogP contribution in [-0.4, -0.2) is 28.1 Å². The predicted octanol–water partition coefficient (Wildman–Crippen LogP) is 4.31. The SMILES string of the molecule is O=C(C[C@@H]1Cc2cc(F)ccc2-c2[nH]c3c(F)cc(F)cc3c21)NC1(CO)CCC1. The molecular weight excluding hydrogens is 393 g/mol. The van der Waals surface area contributed by atoms with Crippen molar-refractivity contribution in [2.24, 2.45) is 0 Å². The van der Waals surface area contributed by atoms with E-state index in [0.29, 0.717) is 28.6 Å². The molecule has 1 fully saturated rings. The molecule has 0 spiro atoms. The van der Waals surface area contributed by atoms with Crippen LogP contribution in [0.25, 0.3) is 22.2 Å². The zero-order valence-corrected chi connectivity index (χ0v) is 16.2. The summed E-state index contributed by atoms with van der Waals surface area (Å²) >= 11 is 0. The van der Waals surface area contributed by atoms with Crippen LogP contribution in [0.4, 0.5) is 13.2 Å². The van der Waals surface area contributed by atoms with Gasteiger partial charge < -0.3 is 15.4 Å². The summed E-state index contributed by atoms with van der Waals surface area (Å²) in [6.45, 7) is -0.119. The van der Waals surface area contributed by atoms with E-state index in [1.54, 1.807) is 6.07 Å². The van der Waals surface area contributed by atoms with Gasteiger partial charge in [-0.3, -0.25) is 4.79 Å². The largest absolute Gasteiger partial charge is 0.394 e. The normalized spacial score (nSPS) is 19.1. The highest BCUT2D eigenvalue weighted by Gasteiger charge is 2.39. The van der Waals surface area contributed by atoms with E-state index < -0.39 is 17.2 Å². The molecule has 1 saturated carbocycles. The van der Waals surface area contributed by atoms with Crippen LogP contribution in [-0.2, 0) is 11.2 Å². The summed E-state index contributed by atoms with van der Waals surface area (Å²) in [5.41, 5.74) is 2.31. The van der Waals surface area contributed by atoms with Gasteiger partial charge in [0, 0.05) is 23.4 Å². The van der Waals surface area contributed by atoms with Crippen molar-refractivity contribution in [2.75, 3.05) is 6.61 Å². The molecule has 3 aromatic rings. The first-order valence-electron chi connectivity index (χ1n) is 10.1. The van der Waals surface area contributed by atoms with Gasteiger partial charge in [0.25, 0.3) is 0 Å². The average Bonchev–Trinajstić information content (AvgIpc) is 3.04. The minimum atomic E-state index is -0.708. The standard InChI is InChI=1S/C23H21F3N2O2/c24-14-2-3-16-12(7-14)6-13(8-19(30)28-23(11-29)4-1-5-23)20-17-9-15(25)10-18(26)21(17)27-22(16)20/h2-3,7,9-10,13,27,29H,1,4-6,8,11H2,(H,28,30)/t13-/m0/s1. The smallest absolute Gasteiger partial charge is 0.221 e. The van der Waals surface area contributed by atoms with E-state index in [1.165, 1.54) is 18.2 Å². The van der Waals surface area contributed by atoms with Crippen molar-refractivity contribution in [2.45, 2.75) is 43.6 Å². The fraction of sp³-hybridized carbons (Fsp3) is 0.348. The molecule has 2 aliphatic rings. The Bertz CT molecular complexity index is 1160. The van der Waals surface area contributed by atoms with E-state index >= 15 is 0 Å². The minimum absolute atomic E-state index is 0.0792. The predicted molar refractivity (Wildman–Crippen MR) is 106 cm³/mol. The number of aromatic amines is 1. The molecule has 0 bridgehead atoms. The minimum Gasteiger partial charge on any atom is -0.394 e. The number of benzene rings is 2. The first-order chi connectivity index (χ1) is 14.4. The van der Waals surface area contributed by atoms with E-state index in [1.807, 2.05) is 0 Å². The number of carbonyl (C=O) groups is 1. The number of hydrogen-bond acceptors (Lipinski definition) is 2. The number of H-pyrrole nitrogens is 1. The van der Waals surface area contributed by atoms with Crippen molar-refractivity contribution in [3.05, 3.63) is 58.9 Å². The molecular formula is C23H21F3N2O2. The second-order valence-electron chi connectivity index (χ2n) is 8.47. The van der Waals surface area contributed by atoms with E-state index in [9.17, 15) is 23.1 Å². The van der Waals surface area contributed by atoms with Gasteiger partial charge in [0.15, 0.2) is 0 Å². The molecule has 156 valence electrons. The van der Waals surface area contributed by atoms with Gasteiger partial charge in [0.2, 0.25) is 5.91 Å². The zero-order chi connectivity index (χ0) is 21.0. The number of aliphatic hydroxyl groups excluding tert-OH is 1. The summed E-state index contributed by atoms with van der Waals surface area (Å²) < 4.78 is 42.3. The highest BCUT2D eigenvalue weighted by atomic mass is 19.1. The first kappa shape index (κ1) is 19.2. The third kappa shape index (κ3) is 2.99. The quantitative estimate of drug-likeness (QED) is 0.596. The van der Waals surface area contributed by atoms with Crippen molar-refractivity contribution in [1.29, 1.82) is 0 Å². The highest BCUT2D eigenvalue weighted by molar-refractivity contribution is 5.94. The number of aromatic nitrogens is 1. The second kappa shape index (κ2) is 6.87. The van der Waals surface area contributed by atoms with Gasteiger partial charge in [-0.2, -0.15) is 0 Å². The summed E-state index contributed by atoms with van der Waals surface area (Å²) in [5, 5.41) is 13.0. The summed E-state index contributed by atoms with van der Waals surface area (Å²) in [6.07, 6.45) is 2.86. The molecule has 4 nitrogen and oxygen atoms in total. The third-order valence-corrected chi connectivity index (χ3v) is 6.53. The molecule has 5 rings (SSSR count). The number of rotatable bonds is 4. The fourth-order valence-electron chi connectivity index (χ4n) is 4.89. The Morgan fingerprint density at radius 1 is 1.17 bits per heavy atom. The molecule has 0 aliphatic heterocycles. The van der Waals surface area contributed by atoms with E-state index in [2.05, 4.69) is 10.3 Å². The maximum absolute atomic E-state index is 14.4. The number of amides is 1. The van der Waals surface area contributed by atoms with Gasteiger partial charge in [-0.1, -0.05) is 0 Å². The first-order valence-corrected chi connectivity index (χ1v) is 10.1. The van der Waals surface area contributed by atoms with Gasteiger partial charge in [0.1, 0.15) is 17.5 Å². The summed E-state index contributed by atoms with van der Waals surface area (Å²) in [7, 11) is 0. The molecule has 0 radical (unpaired) electrons. The lowest BCUT2D eigenvalue weighted by Crippen LogP contribution is -2.56. The summed E-state index contributed by atoms with van der Waals surface area (Å²) in [6, 6.07) is 6.47. The van der Waals surface area contributed by atoms with Crippen LogP contribution in [0.1, 0.15) is 42.7 Å². The third-order valence-electron chi connectivity index (χ3n) is 6.53. The molecule has 30 heavy (non-hydrogen) atoms. The van der Waals surface area contributed by atoms with E-state index in [-0.39, 0.29) is 36.2 Å². The Labute approximate surface area is 171 Å². The number of fused-ring (bicyclic) bond motifs is 5. The van der Waals surface area contributed by atoms with Gasteiger partial charge in [0.05, 0.1) is 23.4 Å². The topological polar surface area (TPSA) is 65.1 Å². The van der Waals surface area contributed by atoms with Crippen molar-refractivity contribution in [3.63, 3.8) is 0 Å². The fourth-order valence-corrected chi connectivity index (χ4v) is 4.89. The van der Waals surface area contributed by atoms with Crippen molar-refractivity contribution in [3.8, 4) is 11.3 Å². The molecule has 1 aromatic heterocycles. The van der Waals surface area contributed by atoms with E-state index in [0.717, 1.165) is 30.9 Å². The molecule has 1 amide bonds. The lowest BCUT2D eigenvalue weighted by Gasteiger charge is -2.41. The van der Waals surface area contributed by atoms with Crippen LogP contribution in [0.5, 0.6) is 0 Å². The Balaban J connectivity index is 1.58. The van der Waals surface area contributed by atoms with Crippen molar-refractivity contribution < 1.29 is 23.1 Å². The van der Waals surface area contributed by atoms with Gasteiger partial charge in [-0.05, 0) is 67.0 Å². The van der Waals surface area contributed by atoms with Gasteiger partial charge >= 0.3 is 0 Å². The Kier molecular flexibility index (Phi) is 4.39. The Morgan fingerprint density at radius 3 is 2.67 bits per heavy atom. The molecule has 1 heterocycles. The van der Waals surface area contributed by atoms with Gasteiger partial charge in [-0.15, -0.1) is 0 Å². The number of aliphatic hydroxyl groups is 1. The zero-order valence-electron chi connectivity index (χ0n) is 16.2. The van der Waals surface area contributed by atoms with Gasteiger partial charge in [-0.25, -0.2) is 13.2 Å². The molecule has 2 aromatic carbocycles. The van der Waals surface area contributed by atoms with Crippen LogP contribution in [0.15, 0.2) is 30.3 Å². The maximum Gasteiger partial charge on any atom is 0.221 e.